The fourth-order valence-electron chi connectivity index (χ4n) is 3.16. The van der Waals surface area contributed by atoms with Crippen molar-refractivity contribution in [3.05, 3.63) is 35.4 Å². The highest BCUT2D eigenvalue weighted by atomic mass is 14.9. The summed E-state index contributed by atoms with van der Waals surface area (Å²) in [5, 5.41) is 3.77. The molecule has 0 spiro atoms. The Morgan fingerprint density at radius 2 is 2.06 bits per heavy atom. The molecule has 0 aliphatic heterocycles. The molecule has 3 atom stereocenters. The summed E-state index contributed by atoms with van der Waals surface area (Å²) in [7, 11) is 0. The SMILES string of the molecule is CCCNC1c2ccccc2CC1CC(C)CC. The maximum atomic E-state index is 3.77. The van der Waals surface area contributed by atoms with E-state index in [1.165, 1.54) is 25.7 Å². The van der Waals surface area contributed by atoms with Gasteiger partial charge in [-0.25, -0.2) is 0 Å². The summed E-state index contributed by atoms with van der Waals surface area (Å²) in [6.07, 6.45) is 5.14. The van der Waals surface area contributed by atoms with E-state index in [-0.39, 0.29) is 0 Å². The Bertz CT molecular complexity index is 372. The van der Waals surface area contributed by atoms with Crippen molar-refractivity contribution in [3.63, 3.8) is 0 Å². The molecule has 0 amide bonds. The lowest BCUT2D eigenvalue weighted by Crippen LogP contribution is -2.27. The average molecular weight is 245 g/mol. The van der Waals surface area contributed by atoms with Crippen LogP contribution in [0.2, 0.25) is 0 Å². The molecule has 18 heavy (non-hydrogen) atoms. The Morgan fingerprint density at radius 3 is 2.78 bits per heavy atom. The molecule has 1 aromatic carbocycles. The molecule has 0 heterocycles. The highest BCUT2D eigenvalue weighted by molar-refractivity contribution is 5.35. The predicted molar refractivity (Wildman–Crippen MR) is 78.7 cm³/mol. The third-order valence-electron chi connectivity index (χ3n) is 4.36. The second-order valence-electron chi connectivity index (χ2n) is 5.84. The minimum atomic E-state index is 0.593. The molecule has 0 saturated carbocycles. The van der Waals surface area contributed by atoms with Gasteiger partial charge in [-0.2, -0.15) is 0 Å². The fourth-order valence-corrected chi connectivity index (χ4v) is 3.16. The zero-order valence-corrected chi connectivity index (χ0v) is 12.1. The topological polar surface area (TPSA) is 12.0 Å². The molecule has 3 unspecified atom stereocenters. The number of hydrogen-bond donors (Lipinski definition) is 1. The first-order valence-electron chi connectivity index (χ1n) is 7.57. The third-order valence-corrected chi connectivity index (χ3v) is 4.36. The van der Waals surface area contributed by atoms with Crippen LogP contribution < -0.4 is 5.32 Å². The Kier molecular flexibility index (Phi) is 4.82. The van der Waals surface area contributed by atoms with Gasteiger partial charge >= 0.3 is 0 Å². The molecule has 0 saturated heterocycles. The lowest BCUT2D eigenvalue weighted by atomic mass is 9.89. The quantitative estimate of drug-likeness (QED) is 0.786. The van der Waals surface area contributed by atoms with Crippen LogP contribution in [0.1, 0.15) is 57.2 Å². The normalized spacial score (nSPS) is 23.9. The van der Waals surface area contributed by atoms with Crippen molar-refractivity contribution in [2.45, 2.75) is 52.5 Å². The van der Waals surface area contributed by atoms with Gasteiger partial charge in [0.1, 0.15) is 0 Å². The number of nitrogens with one attached hydrogen (secondary N) is 1. The van der Waals surface area contributed by atoms with Crippen molar-refractivity contribution in [1.29, 1.82) is 0 Å². The van der Waals surface area contributed by atoms with Gasteiger partial charge in [0.25, 0.3) is 0 Å². The number of rotatable bonds is 6. The summed E-state index contributed by atoms with van der Waals surface area (Å²) in [6.45, 7) is 8.08. The van der Waals surface area contributed by atoms with Crippen molar-refractivity contribution in [1.82, 2.24) is 5.32 Å². The molecule has 0 fully saturated rings. The van der Waals surface area contributed by atoms with E-state index >= 15 is 0 Å². The van der Waals surface area contributed by atoms with E-state index < -0.39 is 0 Å². The molecule has 100 valence electrons. The fraction of sp³-hybridized carbons (Fsp3) is 0.647. The van der Waals surface area contributed by atoms with E-state index in [1.807, 2.05) is 0 Å². The Balaban J connectivity index is 2.11. The molecule has 1 aliphatic carbocycles. The van der Waals surface area contributed by atoms with Crippen LogP contribution in [0.4, 0.5) is 0 Å². The molecule has 1 heteroatoms. The lowest BCUT2D eigenvalue weighted by Gasteiger charge is -2.24. The minimum absolute atomic E-state index is 0.593. The van der Waals surface area contributed by atoms with Crippen LogP contribution in [0.25, 0.3) is 0 Å². The lowest BCUT2D eigenvalue weighted by molar-refractivity contribution is 0.314. The average Bonchev–Trinajstić information content (AvgIpc) is 2.73. The summed E-state index contributed by atoms with van der Waals surface area (Å²) in [4.78, 5) is 0. The van der Waals surface area contributed by atoms with Crippen LogP contribution in [0.15, 0.2) is 24.3 Å². The van der Waals surface area contributed by atoms with E-state index in [0.29, 0.717) is 6.04 Å². The van der Waals surface area contributed by atoms with Gasteiger partial charge in [-0.15, -0.1) is 0 Å². The largest absolute Gasteiger partial charge is 0.310 e. The van der Waals surface area contributed by atoms with Gasteiger partial charge in [-0.1, -0.05) is 51.5 Å². The van der Waals surface area contributed by atoms with Crippen molar-refractivity contribution in [2.24, 2.45) is 11.8 Å². The first-order chi connectivity index (χ1) is 8.76. The van der Waals surface area contributed by atoms with Gasteiger partial charge < -0.3 is 5.32 Å². The first kappa shape index (κ1) is 13.6. The molecule has 2 rings (SSSR count). The van der Waals surface area contributed by atoms with Crippen molar-refractivity contribution in [2.75, 3.05) is 6.54 Å². The summed E-state index contributed by atoms with van der Waals surface area (Å²) >= 11 is 0. The molecule has 1 aliphatic rings. The monoisotopic (exact) mass is 245 g/mol. The molecule has 0 bridgehead atoms. The third kappa shape index (κ3) is 2.95. The molecule has 1 aromatic rings. The number of fused-ring (bicyclic) bond motifs is 1. The minimum Gasteiger partial charge on any atom is -0.310 e. The van der Waals surface area contributed by atoms with Gasteiger partial charge in [-0.05, 0) is 48.8 Å². The predicted octanol–water partition coefficient (Wildman–Crippen LogP) is 4.34. The molecule has 1 nitrogen and oxygen atoms in total. The maximum Gasteiger partial charge on any atom is 0.0354 e. The molecular weight excluding hydrogens is 218 g/mol. The van der Waals surface area contributed by atoms with Gasteiger partial charge in [0, 0.05) is 6.04 Å². The van der Waals surface area contributed by atoms with E-state index in [0.717, 1.165) is 18.4 Å². The van der Waals surface area contributed by atoms with E-state index in [2.05, 4.69) is 50.4 Å². The molecule has 1 N–H and O–H groups in total. The second-order valence-corrected chi connectivity index (χ2v) is 5.84. The first-order valence-corrected chi connectivity index (χ1v) is 7.57. The van der Waals surface area contributed by atoms with Gasteiger partial charge in [0.05, 0.1) is 0 Å². The maximum absolute atomic E-state index is 3.77. The van der Waals surface area contributed by atoms with Crippen LogP contribution in [-0.4, -0.2) is 6.54 Å². The summed E-state index contributed by atoms with van der Waals surface area (Å²) in [5.74, 6) is 1.64. The number of benzene rings is 1. The van der Waals surface area contributed by atoms with Crippen LogP contribution in [-0.2, 0) is 6.42 Å². The van der Waals surface area contributed by atoms with E-state index in [1.54, 1.807) is 11.1 Å². The van der Waals surface area contributed by atoms with Crippen LogP contribution in [0, 0.1) is 11.8 Å². The second kappa shape index (κ2) is 6.38. The molecule has 0 aromatic heterocycles. The van der Waals surface area contributed by atoms with Crippen molar-refractivity contribution < 1.29 is 0 Å². The highest BCUT2D eigenvalue weighted by Crippen LogP contribution is 2.39. The van der Waals surface area contributed by atoms with E-state index in [4.69, 9.17) is 0 Å². The smallest absolute Gasteiger partial charge is 0.0354 e. The zero-order valence-electron chi connectivity index (χ0n) is 12.1. The highest BCUT2D eigenvalue weighted by Gasteiger charge is 2.32. The molecular formula is C17H27N. The van der Waals surface area contributed by atoms with Crippen LogP contribution >= 0.6 is 0 Å². The van der Waals surface area contributed by atoms with Gasteiger partial charge in [0.2, 0.25) is 0 Å². The van der Waals surface area contributed by atoms with Gasteiger partial charge in [-0.3, -0.25) is 0 Å². The summed E-state index contributed by atoms with van der Waals surface area (Å²) in [5.41, 5.74) is 3.12. The van der Waals surface area contributed by atoms with Crippen LogP contribution in [0.3, 0.4) is 0 Å². The Hall–Kier alpha value is -0.820. The van der Waals surface area contributed by atoms with Crippen molar-refractivity contribution in [3.8, 4) is 0 Å². The van der Waals surface area contributed by atoms with E-state index in [9.17, 15) is 0 Å². The van der Waals surface area contributed by atoms with Crippen LogP contribution in [0.5, 0.6) is 0 Å². The number of hydrogen-bond acceptors (Lipinski definition) is 1. The Morgan fingerprint density at radius 1 is 1.28 bits per heavy atom. The summed E-state index contributed by atoms with van der Waals surface area (Å²) < 4.78 is 0. The standard InChI is InChI=1S/C17H27N/c1-4-10-18-17-15(11-13(3)5-2)12-14-8-6-7-9-16(14)17/h6-9,13,15,17-18H,4-5,10-12H2,1-3H3. The zero-order chi connectivity index (χ0) is 13.0. The summed E-state index contributed by atoms with van der Waals surface area (Å²) in [6, 6.07) is 9.59. The van der Waals surface area contributed by atoms with Gasteiger partial charge in [0.15, 0.2) is 0 Å². The van der Waals surface area contributed by atoms with Crippen molar-refractivity contribution >= 4 is 0 Å². The molecule has 0 radical (unpaired) electrons. The Labute approximate surface area is 112 Å².